The molecule has 1 unspecified atom stereocenters. The molecule has 100 valence electrons. The van der Waals surface area contributed by atoms with Gasteiger partial charge in [0.15, 0.2) is 0 Å². The molecule has 1 atom stereocenters. The predicted octanol–water partition coefficient (Wildman–Crippen LogP) is 3.00. The van der Waals surface area contributed by atoms with Crippen LogP contribution in [0.5, 0.6) is 0 Å². The zero-order valence-corrected chi connectivity index (χ0v) is 11.8. The van der Waals surface area contributed by atoms with Gasteiger partial charge in [-0.2, -0.15) is 0 Å². The van der Waals surface area contributed by atoms with Crippen LogP contribution < -0.4 is 0 Å². The monoisotopic (exact) mass is 241 g/mol. The van der Waals surface area contributed by atoms with Gasteiger partial charge in [-0.15, -0.1) is 0 Å². The lowest BCUT2D eigenvalue weighted by atomic mass is 9.81. The van der Waals surface area contributed by atoms with E-state index in [0.717, 1.165) is 13.1 Å². The van der Waals surface area contributed by atoms with Crippen LogP contribution >= 0.6 is 0 Å². The van der Waals surface area contributed by atoms with E-state index >= 15 is 0 Å². The Labute approximate surface area is 105 Å². The summed E-state index contributed by atoms with van der Waals surface area (Å²) in [5.41, 5.74) is -0.148. The largest absolute Gasteiger partial charge is 0.481 e. The Kier molecular flexibility index (Phi) is 4.59. The van der Waals surface area contributed by atoms with E-state index in [1.165, 1.54) is 19.3 Å². The number of hydrogen-bond donors (Lipinski definition) is 1. The van der Waals surface area contributed by atoms with Crippen LogP contribution in [0.25, 0.3) is 0 Å². The number of aliphatic carboxylic acids is 1. The summed E-state index contributed by atoms with van der Waals surface area (Å²) in [6, 6.07) is 0. The third-order valence-electron chi connectivity index (χ3n) is 4.89. The first-order chi connectivity index (χ1) is 7.91. The molecule has 3 heteroatoms. The molecule has 17 heavy (non-hydrogen) atoms. The van der Waals surface area contributed by atoms with E-state index < -0.39 is 11.4 Å². The first kappa shape index (κ1) is 14.5. The molecule has 0 aliphatic carbocycles. The Balaban J connectivity index is 2.63. The highest BCUT2D eigenvalue weighted by Gasteiger charge is 2.40. The molecule has 1 heterocycles. The van der Waals surface area contributed by atoms with Gasteiger partial charge in [0.1, 0.15) is 0 Å². The standard InChI is InChI=1S/C14H27NO2/c1-5-13(4,12(16)17)10-15-9-8-14(6-2,7-3)11-15/h5-11H2,1-4H3,(H,16,17). The van der Waals surface area contributed by atoms with Crippen molar-refractivity contribution in [3.05, 3.63) is 0 Å². The average Bonchev–Trinajstić information content (AvgIpc) is 2.72. The van der Waals surface area contributed by atoms with Crippen molar-refractivity contribution < 1.29 is 9.90 Å². The third-order valence-corrected chi connectivity index (χ3v) is 4.89. The molecular weight excluding hydrogens is 214 g/mol. The van der Waals surface area contributed by atoms with Gasteiger partial charge in [0.25, 0.3) is 0 Å². The van der Waals surface area contributed by atoms with Crippen LogP contribution in [-0.4, -0.2) is 35.6 Å². The SMILES string of the molecule is CCC1(CC)CCN(CC(C)(CC)C(=O)O)C1. The van der Waals surface area contributed by atoms with Gasteiger partial charge < -0.3 is 10.0 Å². The summed E-state index contributed by atoms with van der Waals surface area (Å²) < 4.78 is 0. The summed E-state index contributed by atoms with van der Waals surface area (Å²) in [5.74, 6) is -0.662. The van der Waals surface area contributed by atoms with Crippen LogP contribution in [0.2, 0.25) is 0 Å². The van der Waals surface area contributed by atoms with Crippen molar-refractivity contribution in [1.29, 1.82) is 0 Å². The minimum atomic E-state index is -0.662. The van der Waals surface area contributed by atoms with Gasteiger partial charge in [-0.1, -0.05) is 20.8 Å². The minimum absolute atomic E-state index is 0.438. The van der Waals surface area contributed by atoms with Crippen LogP contribution in [0.3, 0.4) is 0 Å². The summed E-state index contributed by atoms with van der Waals surface area (Å²) in [6.07, 6.45) is 4.33. The normalized spacial score (nSPS) is 23.5. The summed E-state index contributed by atoms with van der Waals surface area (Å²) in [7, 11) is 0. The highest BCUT2D eigenvalue weighted by molar-refractivity contribution is 5.74. The zero-order chi connectivity index (χ0) is 13.1. The second-order valence-corrected chi connectivity index (χ2v) is 5.89. The van der Waals surface area contributed by atoms with Crippen LogP contribution in [0, 0.1) is 10.8 Å². The molecule has 1 saturated heterocycles. The lowest BCUT2D eigenvalue weighted by Crippen LogP contribution is -2.40. The van der Waals surface area contributed by atoms with Crippen molar-refractivity contribution >= 4 is 5.97 Å². The van der Waals surface area contributed by atoms with Crippen LogP contribution in [0.15, 0.2) is 0 Å². The second-order valence-electron chi connectivity index (χ2n) is 5.89. The van der Waals surface area contributed by atoms with Gasteiger partial charge in [0.05, 0.1) is 5.41 Å². The van der Waals surface area contributed by atoms with E-state index in [-0.39, 0.29) is 0 Å². The van der Waals surface area contributed by atoms with Crippen molar-refractivity contribution in [3.8, 4) is 0 Å². The highest BCUT2D eigenvalue weighted by atomic mass is 16.4. The molecule has 1 rings (SSSR count). The van der Waals surface area contributed by atoms with Crippen molar-refractivity contribution in [2.24, 2.45) is 10.8 Å². The molecule has 1 aliphatic rings. The molecule has 0 aromatic carbocycles. The van der Waals surface area contributed by atoms with Gasteiger partial charge in [-0.05, 0) is 44.6 Å². The van der Waals surface area contributed by atoms with Crippen molar-refractivity contribution in [2.45, 2.75) is 53.4 Å². The van der Waals surface area contributed by atoms with Crippen LogP contribution in [0.1, 0.15) is 53.4 Å². The first-order valence-corrected chi connectivity index (χ1v) is 6.87. The Morgan fingerprint density at radius 3 is 2.29 bits per heavy atom. The summed E-state index contributed by atoms with van der Waals surface area (Å²) in [5, 5.41) is 9.31. The lowest BCUT2D eigenvalue weighted by Gasteiger charge is -2.31. The van der Waals surface area contributed by atoms with E-state index in [1.54, 1.807) is 0 Å². The number of nitrogens with zero attached hydrogens (tertiary/aromatic N) is 1. The summed E-state index contributed by atoms with van der Waals surface area (Å²) in [4.78, 5) is 13.7. The Hall–Kier alpha value is -0.570. The van der Waals surface area contributed by atoms with Crippen molar-refractivity contribution in [2.75, 3.05) is 19.6 Å². The van der Waals surface area contributed by atoms with E-state index in [9.17, 15) is 9.90 Å². The molecule has 0 amide bonds. The van der Waals surface area contributed by atoms with Gasteiger partial charge in [0, 0.05) is 13.1 Å². The number of likely N-dealkylation sites (tertiary alicyclic amines) is 1. The Morgan fingerprint density at radius 2 is 1.94 bits per heavy atom. The fourth-order valence-corrected chi connectivity index (χ4v) is 2.81. The molecule has 3 nitrogen and oxygen atoms in total. The molecule has 0 bridgehead atoms. The average molecular weight is 241 g/mol. The van der Waals surface area contributed by atoms with Crippen LogP contribution in [0.4, 0.5) is 0 Å². The number of carbonyl (C=O) groups is 1. The molecule has 0 aromatic heterocycles. The minimum Gasteiger partial charge on any atom is -0.481 e. The maximum Gasteiger partial charge on any atom is 0.310 e. The van der Waals surface area contributed by atoms with Gasteiger partial charge in [0.2, 0.25) is 0 Å². The molecule has 0 saturated carbocycles. The molecule has 0 aromatic rings. The maximum absolute atomic E-state index is 11.3. The van der Waals surface area contributed by atoms with E-state index in [2.05, 4.69) is 18.7 Å². The fraction of sp³-hybridized carbons (Fsp3) is 0.929. The van der Waals surface area contributed by atoms with Crippen molar-refractivity contribution in [1.82, 2.24) is 4.90 Å². The molecule has 1 fully saturated rings. The maximum atomic E-state index is 11.3. The quantitative estimate of drug-likeness (QED) is 0.777. The van der Waals surface area contributed by atoms with Crippen molar-refractivity contribution in [3.63, 3.8) is 0 Å². The second kappa shape index (κ2) is 5.38. The number of hydrogen-bond acceptors (Lipinski definition) is 2. The topological polar surface area (TPSA) is 40.5 Å². The smallest absolute Gasteiger partial charge is 0.310 e. The number of rotatable bonds is 6. The Bertz CT molecular complexity index is 273. The fourth-order valence-electron chi connectivity index (χ4n) is 2.81. The van der Waals surface area contributed by atoms with Gasteiger partial charge in [-0.3, -0.25) is 4.79 Å². The third kappa shape index (κ3) is 3.01. The van der Waals surface area contributed by atoms with E-state index in [0.29, 0.717) is 18.4 Å². The van der Waals surface area contributed by atoms with Gasteiger partial charge >= 0.3 is 5.97 Å². The molecule has 1 aliphatic heterocycles. The highest BCUT2D eigenvalue weighted by Crippen LogP contribution is 2.38. The Morgan fingerprint density at radius 1 is 1.35 bits per heavy atom. The first-order valence-electron chi connectivity index (χ1n) is 6.87. The lowest BCUT2D eigenvalue weighted by molar-refractivity contribution is -0.149. The molecule has 0 spiro atoms. The molecular formula is C14H27NO2. The predicted molar refractivity (Wildman–Crippen MR) is 70.1 cm³/mol. The summed E-state index contributed by atoms with van der Waals surface area (Å²) >= 11 is 0. The molecule has 0 radical (unpaired) electrons. The van der Waals surface area contributed by atoms with Crippen LogP contribution in [-0.2, 0) is 4.79 Å². The van der Waals surface area contributed by atoms with E-state index in [1.807, 2.05) is 13.8 Å². The zero-order valence-electron chi connectivity index (χ0n) is 11.8. The summed E-state index contributed by atoms with van der Waals surface area (Å²) in [6.45, 7) is 11.2. The molecule has 1 N–H and O–H groups in total. The number of carboxylic acids is 1. The van der Waals surface area contributed by atoms with E-state index in [4.69, 9.17) is 0 Å². The number of carboxylic acid groups (broad SMARTS) is 1. The van der Waals surface area contributed by atoms with Gasteiger partial charge in [-0.25, -0.2) is 0 Å².